The van der Waals surface area contributed by atoms with Gasteiger partial charge in [-0.3, -0.25) is 4.79 Å². The van der Waals surface area contributed by atoms with Gasteiger partial charge in [-0.05, 0) is 36.8 Å². The summed E-state index contributed by atoms with van der Waals surface area (Å²) in [5, 5.41) is 4.17. The van der Waals surface area contributed by atoms with E-state index in [1.165, 1.54) is 0 Å². The van der Waals surface area contributed by atoms with E-state index in [2.05, 4.69) is 26.2 Å². The second-order valence-electron chi connectivity index (χ2n) is 7.68. The Labute approximate surface area is 182 Å². The quantitative estimate of drug-likeness (QED) is 0.600. The normalized spacial score (nSPS) is 18.3. The van der Waals surface area contributed by atoms with Gasteiger partial charge in [0.2, 0.25) is 0 Å². The van der Waals surface area contributed by atoms with Crippen LogP contribution in [-0.2, 0) is 9.47 Å². The summed E-state index contributed by atoms with van der Waals surface area (Å²) in [6.07, 6.45) is 2.95. The molecule has 2 aliphatic heterocycles. The van der Waals surface area contributed by atoms with Gasteiger partial charge >= 0.3 is 0 Å². The summed E-state index contributed by atoms with van der Waals surface area (Å²) in [6.45, 7) is 4.41. The highest BCUT2D eigenvalue weighted by Crippen LogP contribution is 2.33. The first-order chi connectivity index (χ1) is 14.5. The molecular weight excluding hydrogens is 450 g/mol. The highest BCUT2D eigenvalue weighted by molar-refractivity contribution is 9.10. The number of fused-ring (bicyclic) bond motifs is 1. The van der Waals surface area contributed by atoms with Crippen molar-refractivity contribution in [3.8, 4) is 0 Å². The zero-order chi connectivity index (χ0) is 20.7. The van der Waals surface area contributed by atoms with Crippen LogP contribution in [0.2, 0.25) is 0 Å². The van der Waals surface area contributed by atoms with Gasteiger partial charge in [-0.15, -0.1) is 0 Å². The zero-order valence-electron chi connectivity index (χ0n) is 16.6. The van der Waals surface area contributed by atoms with Gasteiger partial charge in [0.05, 0.1) is 24.9 Å². The average molecular weight is 472 g/mol. The van der Waals surface area contributed by atoms with Crippen LogP contribution in [0.1, 0.15) is 28.9 Å². The third-order valence-electron chi connectivity index (χ3n) is 5.72. The number of benzene rings is 1. The molecule has 1 spiro atoms. The predicted octanol–water partition coefficient (Wildman–Crippen LogP) is 4.62. The number of pyridine rings is 1. The molecule has 0 unspecified atom stereocenters. The fourth-order valence-electron chi connectivity index (χ4n) is 4.03. The van der Waals surface area contributed by atoms with Crippen LogP contribution in [-0.4, -0.2) is 47.9 Å². The number of carbonyl (C=O) groups is 1. The molecule has 2 aliphatic rings. The maximum Gasteiger partial charge on any atom is 0.272 e. The van der Waals surface area contributed by atoms with Crippen LogP contribution in [0.25, 0.3) is 11.0 Å². The van der Waals surface area contributed by atoms with E-state index in [1.807, 2.05) is 31.2 Å². The van der Waals surface area contributed by atoms with Crippen molar-refractivity contribution in [3.05, 3.63) is 52.3 Å². The van der Waals surface area contributed by atoms with Crippen molar-refractivity contribution in [2.24, 2.45) is 0 Å². The third kappa shape index (κ3) is 3.59. The Morgan fingerprint density at radius 2 is 1.93 bits per heavy atom. The molecule has 0 saturated carbocycles. The second kappa shape index (κ2) is 7.68. The van der Waals surface area contributed by atoms with E-state index in [0.29, 0.717) is 56.2 Å². The summed E-state index contributed by atoms with van der Waals surface area (Å²) < 4.78 is 18.2. The Bertz CT molecular complexity index is 1100. The Kier molecular flexibility index (Phi) is 5.00. The minimum Gasteiger partial charge on any atom is -0.464 e. The number of halogens is 1. The molecule has 0 bridgehead atoms. The fraction of sp³-hybridized carbons (Fsp3) is 0.364. The molecular formula is C22H22BrN3O4. The number of anilines is 2. The van der Waals surface area contributed by atoms with Gasteiger partial charge in [-0.1, -0.05) is 15.9 Å². The Balaban J connectivity index is 1.41. The predicted molar refractivity (Wildman–Crippen MR) is 116 cm³/mol. The third-order valence-corrected chi connectivity index (χ3v) is 6.61. The highest BCUT2D eigenvalue weighted by atomic mass is 79.9. The first-order valence-electron chi connectivity index (χ1n) is 10.0. The molecule has 7 nitrogen and oxygen atoms in total. The summed E-state index contributed by atoms with van der Waals surface area (Å²) in [4.78, 5) is 19.6. The lowest BCUT2D eigenvalue weighted by molar-refractivity contribution is -0.181. The smallest absolute Gasteiger partial charge is 0.272 e. The van der Waals surface area contributed by atoms with Gasteiger partial charge < -0.3 is 24.1 Å². The molecule has 4 heterocycles. The lowest BCUT2D eigenvalue weighted by atomic mass is 10.0. The number of furan rings is 1. The van der Waals surface area contributed by atoms with Crippen LogP contribution < -0.4 is 5.32 Å². The minimum absolute atomic E-state index is 0.115. The van der Waals surface area contributed by atoms with Crippen LogP contribution in [0.5, 0.6) is 0 Å². The number of piperidine rings is 1. The Hall–Kier alpha value is -2.42. The molecule has 1 amide bonds. The lowest BCUT2D eigenvalue weighted by Gasteiger charge is -2.37. The number of ether oxygens (including phenoxy) is 2. The van der Waals surface area contributed by atoms with E-state index in [1.54, 1.807) is 17.2 Å². The number of likely N-dealkylation sites (tertiary alicyclic amines) is 1. The topological polar surface area (TPSA) is 76.8 Å². The molecule has 0 radical (unpaired) electrons. The van der Waals surface area contributed by atoms with Crippen molar-refractivity contribution < 1.29 is 18.7 Å². The molecule has 8 heteroatoms. The number of aromatic nitrogens is 1. The Morgan fingerprint density at radius 3 is 2.67 bits per heavy atom. The first-order valence-corrected chi connectivity index (χ1v) is 10.8. The van der Waals surface area contributed by atoms with Crippen molar-refractivity contribution in [2.45, 2.75) is 25.6 Å². The molecule has 2 saturated heterocycles. The van der Waals surface area contributed by atoms with Crippen molar-refractivity contribution in [1.82, 2.24) is 9.88 Å². The number of nitrogens with one attached hydrogen (secondary N) is 1. The summed E-state index contributed by atoms with van der Waals surface area (Å²) in [5.41, 5.74) is 2.98. The van der Waals surface area contributed by atoms with Gasteiger partial charge in [0.25, 0.3) is 5.91 Å². The van der Waals surface area contributed by atoms with E-state index in [-0.39, 0.29) is 5.91 Å². The van der Waals surface area contributed by atoms with Gasteiger partial charge in [0.1, 0.15) is 17.1 Å². The number of rotatable bonds is 3. The molecule has 5 rings (SSSR count). The highest BCUT2D eigenvalue weighted by Gasteiger charge is 2.41. The molecule has 30 heavy (non-hydrogen) atoms. The minimum atomic E-state index is -0.513. The number of hydrogen-bond acceptors (Lipinski definition) is 6. The van der Waals surface area contributed by atoms with Gasteiger partial charge in [-0.25, -0.2) is 4.98 Å². The molecule has 0 atom stereocenters. The van der Waals surface area contributed by atoms with E-state index >= 15 is 0 Å². The van der Waals surface area contributed by atoms with Crippen LogP contribution in [0.3, 0.4) is 0 Å². The number of nitrogens with zero attached hydrogens (tertiary/aromatic N) is 2. The SMILES string of the molecule is Cc1cc(Nc2nc(C(=O)N3CCC4(CC3)OCCO4)cc3occc23)ccc1Br. The van der Waals surface area contributed by atoms with Gasteiger partial charge in [0.15, 0.2) is 5.79 Å². The number of carbonyl (C=O) groups excluding carboxylic acids is 1. The van der Waals surface area contributed by atoms with Gasteiger partial charge in [0, 0.05) is 42.2 Å². The molecule has 3 aromatic rings. The largest absolute Gasteiger partial charge is 0.464 e. The second-order valence-corrected chi connectivity index (χ2v) is 8.53. The average Bonchev–Trinajstić information content (AvgIpc) is 3.41. The molecule has 2 fully saturated rings. The molecule has 1 N–H and O–H groups in total. The lowest BCUT2D eigenvalue weighted by Crippen LogP contribution is -2.47. The summed E-state index contributed by atoms with van der Waals surface area (Å²) >= 11 is 3.52. The van der Waals surface area contributed by atoms with E-state index in [4.69, 9.17) is 13.9 Å². The van der Waals surface area contributed by atoms with Crippen LogP contribution in [0.15, 0.2) is 45.5 Å². The fourth-order valence-corrected chi connectivity index (χ4v) is 4.27. The van der Waals surface area contributed by atoms with Crippen molar-refractivity contribution in [2.75, 3.05) is 31.6 Å². The summed E-state index contributed by atoms with van der Waals surface area (Å²) in [7, 11) is 0. The monoisotopic (exact) mass is 471 g/mol. The van der Waals surface area contributed by atoms with Crippen LogP contribution in [0, 0.1) is 6.92 Å². The molecule has 156 valence electrons. The van der Waals surface area contributed by atoms with Crippen LogP contribution >= 0.6 is 15.9 Å². The maximum absolute atomic E-state index is 13.2. The summed E-state index contributed by atoms with van der Waals surface area (Å²) in [6, 6.07) is 9.53. The molecule has 0 aliphatic carbocycles. The van der Waals surface area contributed by atoms with E-state index in [9.17, 15) is 4.79 Å². The molecule has 1 aromatic carbocycles. The number of hydrogen-bond donors (Lipinski definition) is 1. The number of aryl methyl sites for hydroxylation is 1. The molecule has 2 aromatic heterocycles. The Morgan fingerprint density at radius 1 is 1.17 bits per heavy atom. The number of amides is 1. The zero-order valence-corrected chi connectivity index (χ0v) is 18.2. The van der Waals surface area contributed by atoms with Gasteiger partial charge in [-0.2, -0.15) is 0 Å². The standard InChI is InChI=1S/C22H22BrN3O4/c1-14-12-15(2-3-17(14)23)24-20-16-4-9-28-19(16)13-18(25-20)21(27)26-7-5-22(6-8-26)29-10-11-30-22/h2-4,9,12-13H,5-8,10-11H2,1H3,(H,24,25). The van der Waals surface area contributed by atoms with Crippen LogP contribution in [0.4, 0.5) is 11.5 Å². The van der Waals surface area contributed by atoms with E-state index < -0.39 is 5.79 Å². The first kappa shape index (κ1) is 19.5. The maximum atomic E-state index is 13.2. The van der Waals surface area contributed by atoms with Crippen molar-refractivity contribution >= 4 is 44.3 Å². The van der Waals surface area contributed by atoms with Crippen molar-refractivity contribution in [1.29, 1.82) is 0 Å². The van der Waals surface area contributed by atoms with Crippen molar-refractivity contribution in [3.63, 3.8) is 0 Å². The summed E-state index contributed by atoms with van der Waals surface area (Å²) in [5.74, 6) is -0.0279. The van der Waals surface area contributed by atoms with E-state index in [0.717, 1.165) is 21.1 Å².